The number of pyridine rings is 1. The van der Waals surface area contributed by atoms with E-state index in [2.05, 4.69) is 27.8 Å². The molecule has 1 aromatic heterocycles. The van der Waals surface area contributed by atoms with Gasteiger partial charge in [-0.15, -0.1) is 0 Å². The van der Waals surface area contributed by atoms with E-state index in [0.717, 1.165) is 18.8 Å². The van der Waals surface area contributed by atoms with Crippen molar-refractivity contribution in [3.63, 3.8) is 0 Å². The van der Waals surface area contributed by atoms with Gasteiger partial charge in [-0.25, -0.2) is 4.98 Å². The fraction of sp³-hybridized carbons (Fsp3) is 0.583. The maximum Gasteiger partial charge on any atom is 0.146 e. The van der Waals surface area contributed by atoms with Gasteiger partial charge in [-0.1, -0.05) is 6.92 Å². The monoisotopic (exact) mass is 218 g/mol. The first kappa shape index (κ1) is 9.90. The molecule has 2 aliphatic rings. The molecule has 2 N–H and O–H groups in total. The average molecular weight is 218 g/mol. The van der Waals surface area contributed by atoms with Crippen LogP contribution in [0.3, 0.4) is 0 Å². The second-order valence-electron chi connectivity index (χ2n) is 5.07. The van der Waals surface area contributed by atoms with E-state index in [0.29, 0.717) is 11.2 Å². The molecule has 4 nitrogen and oxygen atoms in total. The van der Waals surface area contributed by atoms with E-state index >= 15 is 0 Å². The molecule has 2 fully saturated rings. The van der Waals surface area contributed by atoms with Crippen LogP contribution in [-0.4, -0.2) is 42.6 Å². The maximum atomic E-state index is 5.87. The lowest BCUT2D eigenvalue weighted by Gasteiger charge is -2.61. The zero-order valence-electron chi connectivity index (χ0n) is 9.69. The molecule has 0 unspecified atom stereocenters. The van der Waals surface area contributed by atoms with E-state index in [9.17, 15) is 0 Å². The Hall–Kier alpha value is -1.29. The Morgan fingerprint density at radius 2 is 2.12 bits per heavy atom. The van der Waals surface area contributed by atoms with Crippen LogP contribution in [0.5, 0.6) is 0 Å². The second-order valence-corrected chi connectivity index (χ2v) is 5.07. The SMILES string of the molecule is CCN1CC2(C1)CN(c1cccnc1N)C2. The highest BCUT2D eigenvalue weighted by molar-refractivity contribution is 5.65. The molecular weight excluding hydrogens is 200 g/mol. The second kappa shape index (κ2) is 3.35. The van der Waals surface area contributed by atoms with E-state index in [1.165, 1.54) is 19.6 Å². The number of hydrogen-bond acceptors (Lipinski definition) is 4. The van der Waals surface area contributed by atoms with E-state index in [1.807, 2.05) is 6.07 Å². The van der Waals surface area contributed by atoms with Gasteiger partial charge in [-0.3, -0.25) is 0 Å². The van der Waals surface area contributed by atoms with Crippen molar-refractivity contribution in [2.75, 3.05) is 43.4 Å². The van der Waals surface area contributed by atoms with Gasteiger partial charge in [0.2, 0.25) is 0 Å². The first-order valence-electron chi connectivity index (χ1n) is 5.90. The predicted octanol–water partition coefficient (Wildman–Crippen LogP) is 0.806. The zero-order valence-corrected chi connectivity index (χ0v) is 9.69. The van der Waals surface area contributed by atoms with Crippen LogP contribution < -0.4 is 10.6 Å². The quantitative estimate of drug-likeness (QED) is 0.797. The van der Waals surface area contributed by atoms with Gasteiger partial charge in [-0.2, -0.15) is 0 Å². The summed E-state index contributed by atoms with van der Waals surface area (Å²) in [6.07, 6.45) is 1.75. The van der Waals surface area contributed by atoms with Gasteiger partial charge < -0.3 is 15.5 Å². The lowest BCUT2D eigenvalue weighted by atomic mass is 9.72. The number of nitrogens with zero attached hydrogens (tertiary/aromatic N) is 3. The summed E-state index contributed by atoms with van der Waals surface area (Å²) < 4.78 is 0. The molecule has 2 saturated heterocycles. The molecule has 86 valence electrons. The Morgan fingerprint density at radius 1 is 1.38 bits per heavy atom. The van der Waals surface area contributed by atoms with Crippen molar-refractivity contribution in [2.45, 2.75) is 6.92 Å². The first-order valence-corrected chi connectivity index (χ1v) is 5.90. The summed E-state index contributed by atoms with van der Waals surface area (Å²) in [5, 5.41) is 0. The van der Waals surface area contributed by atoms with Crippen LogP contribution in [-0.2, 0) is 0 Å². The minimum atomic E-state index is 0.554. The molecule has 0 atom stereocenters. The van der Waals surface area contributed by atoms with E-state index in [4.69, 9.17) is 5.73 Å². The minimum absolute atomic E-state index is 0.554. The van der Waals surface area contributed by atoms with Crippen LogP contribution in [0.1, 0.15) is 6.92 Å². The third-order valence-electron chi connectivity index (χ3n) is 3.77. The van der Waals surface area contributed by atoms with Crippen molar-refractivity contribution in [3.8, 4) is 0 Å². The van der Waals surface area contributed by atoms with Crippen molar-refractivity contribution in [1.82, 2.24) is 9.88 Å². The van der Waals surface area contributed by atoms with E-state index < -0.39 is 0 Å². The molecule has 3 rings (SSSR count). The third-order valence-corrected chi connectivity index (χ3v) is 3.77. The molecule has 16 heavy (non-hydrogen) atoms. The zero-order chi connectivity index (χ0) is 11.2. The standard InChI is InChI=1S/C12H18N4/c1-2-15-6-12(7-15)8-16(9-12)10-4-3-5-14-11(10)13/h3-5H,2,6-9H2,1H3,(H2,13,14). The predicted molar refractivity (Wildman–Crippen MR) is 65.4 cm³/mol. The number of nitrogen functional groups attached to an aromatic ring is 1. The lowest BCUT2D eigenvalue weighted by molar-refractivity contribution is -0.0177. The van der Waals surface area contributed by atoms with Gasteiger partial charge in [0.1, 0.15) is 5.82 Å². The van der Waals surface area contributed by atoms with E-state index in [-0.39, 0.29) is 0 Å². The van der Waals surface area contributed by atoms with Crippen LogP contribution in [0, 0.1) is 5.41 Å². The van der Waals surface area contributed by atoms with Gasteiger partial charge in [0.05, 0.1) is 5.69 Å². The lowest BCUT2D eigenvalue weighted by Crippen LogP contribution is -2.72. The minimum Gasteiger partial charge on any atom is -0.382 e. The van der Waals surface area contributed by atoms with Crippen molar-refractivity contribution in [2.24, 2.45) is 5.41 Å². The average Bonchev–Trinajstić information content (AvgIpc) is 2.16. The summed E-state index contributed by atoms with van der Waals surface area (Å²) in [5.74, 6) is 0.657. The summed E-state index contributed by atoms with van der Waals surface area (Å²) >= 11 is 0. The van der Waals surface area contributed by atoms with E-state index in [1.54, 1.807) is 6.20 Å². The van der Waals surface area contributed by atoms with Crippen LogP contribution in [0.4, 0.5) is 11.5 Å². The summed E-state index contributed by atoms with van der Waals surface area (Å²) in [6, 6.07) is 4.02. The highest BCUT2D eigenvalue weighted by atomic mass is 15.3. The smallest absolute Gasteiger partial charge is 0.146 e. The Labute approximate surface area is 96.1 Å². The fourth-order valence-corrected chi connectivity index (χ4v) is 2.94. The molecule has 1 aromatic rings. The highest BCUT2D eigenvalue weighted by Gasteiger charge is 2.51. The van der Waals surface area contributed by atoms with Crippen molar-refractivity contribution in [3.05, 3.63) is 18.3 Å². The molecule has 0 bridgehead atoms. The summed E-state index contributed by atoms with van der Waals surface area (Å²) in [6.45, 7) is 8.18. The molecule has 0 saturated carbocycles. The van der Waals surface area contributed by atoms with Crippen molar-refractivity contribution >= 4 is 11.5 Å². The summed E-state index contributed by atoms with van der Waals surface area (Å²) in [5.41, 5.74) is 7.52. The molecule has 0 radical (unpaired) electrons. The fourth-order valence-electron chi connectivity index (χ4n) is 2.94. The number of aromatic nitrogens is 1. The Bertz CT molecular complexity index is 390. The first-order chi connectivity index (χ1) is 7.72. The number of anilines is 2. The molecule has 3 heterocycles. The topological polar surface area (TPSA) is 45.4 Å². The van der Waals surface area contributed by atoms with Gasteiger partial charge in [0.25, 0.3) is 0 Å². The Kier molecular flexibility index (Phi) is 2.07. The van der Waals surface area contributed by atoms with Crippen LogP contribution >= 0.6 is 0 Å². The molecule has 2 aliphatic heterocycles. The Balaban J connectivity index is 1.64. The van der Waals surface area contributed by atoms with Crippen LogP contribution in [0.15, 0.2) is 18.3 Å². The normalized spacial score (nSPS) is 22.9. The van der Waals surface area contributed by atoms with Crippen LogP contribution in [0.25, 0.3) is 0 Å². The number of hydrogen-bond donors (Lipinski definition) is 1. The number of rotatable bonds is 2. The van der Waals surface area contributed by atoms with Gasteiger partial charge in [0.15, 0.2) is 0 Å². The molecular formula is C12H18N4. The number of likely N-dealkylation sites (tertiary alicyclic amines) is 1. The highest BCUT2D eigenvalue weighted by Crippen LogP contribution is 2.42. The maximum absolute atomic E-state index is 5.87. The largest absolute Gasteiger partial charge is 0.382 e. The molecule has 1 spiro atoms. The molecule has 0 aromatic carbocycles. The van der Waals surface area contributed by atoms with Gasteiger partial charge >= 0.3 is 0 Å². The molecule has 4 heteroatoms. The van der Waals surface area contributed by atoms with Crippen molar-refractivity contribution in [1.29, 1.82) is 0 Å². The van der Waals surface area contributed by atoms with Gasteiger partial charge in [-0.05, 0) is 18.7 Å². The van der Waals surface area contributed by atoms with Crippen molar-refractivity contribution < 1.29 is 0 Å². The summed E-state index contributed by atoms with van der Waals surface area (Å²) in [7, 11) is 0. The third kappa shape index (κ3) is 1.37. The van der Waals surface area contributed by atoms with Crippen LogP contribution in [0.2, 0.25) is 0 Å². The molecule has 0 aliphatic carbocycles. The number of nitrogens with two attached hydrogens (primary N) is 1. The summed E-state index contributed by atoms with van der Waals surface area (Å²) in [4.78, 5) is 8.96. The van der Waals surface area contributed by atoms with Gasteiger partial charge in [0, 0.05) is 37.8 Å². The molecule has 0 amide bonds. The Morgan fingerprint density at radius 3 is 2.75 bits per heavy atom.